The number of imidazole rings is 1. The van der Waals surface area contributed by atoms with Crippen LogP contribution < -0.4 is 14.8 Å². The van der Waals surface area contributed by atoms with Gasteiger partial charge in [0.25, 0.3) is 0 Å². The van der Waals surface area contributed by atoms with Gasteiger partial charge in [0.2, 0.25) is 0 Å². The molecular formula is C26H24N4O2. The number of aromatic nitrogens is 3. The number of aryl methyl sites for hydroxylation is 1. The van der Waals surface area contributed by atoms with Gasteiger partial charge in [-0.3, -0.25) is 0 Å². The third-order valence-electron chi connectivity index (χ3n) is 5.51. The van der Waals surface area contributed by atoms with Crippen LogP contribution in [0.15, 0.2) is 79.3 Å². The van der Waals surface area contributed by atoms with Crippen LogP contribution in [0, 0.1) is 6.92 Å². The normalized spacial score (nSPS) is 11.0. The molecular weight excluding hydrogens is 400 g/mol. The Bertz CT molecular complexity index is 1400. The zero-order valence-electron chi connectivity index (χ0n) is 18.2. The average Bonchev–Trinajstić information content (AvgIpc) is 3.46. The van der Waals surface area contributed by atoms with Crippen LogP contribution in [0.3, 0.4) is 0 Å². The summed E-state index contributed by atoms with van der Waals surface area (Å²) >= 11 is 0. The van der Waals surface area contributed by atoms with Gasteiger partial charge in [-0.05, 0) is 49.4 Å². The van der Waals surface area contributed by atoms with E-state index in [1.807, 2.05) is 60.2 Å². The van der Waals surface area contributed by atoms with Crippen molar-refractivity contribution >= 4 is 22.3 Å². The SMILES string of the molecule is COc1ccccc1-c1cc2c(Nc3ccc(-n4cnc(C)c4)c(OC)c3)cccc2[nH]1. The first-order valence-corrected chi connectivity index (χ1v) is 10.4. The molecule has 0 aliphatic heterocycles. The summed E-state index contributed by atoms with van der Waals surface area (Å²) in [5.41, 5.74) is 6.93. The summed E-state index contributed by atoms with van der Waals surface area (Å²) in [5.74, 6) is 1.60. The Kier molecular flexibility index (Phi) is 5.03. The van der Waals surface area contributed by atoms with Crippen molar-refractivity contribution in [3.8, 4) is 28.4 Å². The summed E-state index contributed by atoms with van der Waals surface area (Å²) in [4.78, 5) is 7.83. The molecule has 0 saturated heterocycles. The Morgan fingerprint density at radius 1 is 0.906 bits per heavy atom. The molecule has 0 radical (unpaired) electrons. The van der Waals surface area contributed by atoms with Crippen molar-refractivity contribution in [1.29, 1.82) is 0 Å². The van der Waals surface area contributed by atoms with Crippen LogP contribution in [0.4, 0.5) is 11.4 Å². The van der Waals surface area contributed by atoms with Gasteiger partial charge in [0.1, 0.15) is 11.5 Å². The van der Waals surface area contributed by atoms with E-state index >= 15 is 0 Å². The minimum Gasteiger partial charge on any atom is -0.496 e. The Balaban J connectivity index is 1.51. The predicted molar refractivity (Wildman–Crippen MR) is 128 cm³/mol. The van der Waals surface area contributed by atoms with Crippen LogP contribution >= 0.6 is 0 Å². The first-order chi connectivity index (χ1) is 15.7. The maximum absolute atomic E-state index is 5.65. The van der Waals surface area contributed by atoms with Crippen molar-refractivity contribution in [2.45, 2.75) is 6.92 Å². The van der Waals surface area contributed by atoms with Crippen LogP contribution in [0.2, 0.25) is 0 Å². The fourth-order valence-corrected chi connectivity index (χ4v) is 3.95. The zero-order valence-corrected chi connectivity index (χ0v) is 18.2. The number of hydrogen-bond acceptors (Lipinski definition) is 4. The van der Waals surface area contributed by atoms with Crippen molar-refractivity contribution in [2.24, 2.45) is 0 Å². The van der Waals surface area contributed by atoms with Gasteiger partial charge >= 0.3 is 0 Å². The summed E-state index contributed by atoms with van der Waals surface area (Å²) < 4.78 is 13.2. The van der Waals surface area contributed by atoms with Crippen molar-refractivity contribution in [3.05, 3.63) is 84.9 Å². The van der Waals surface area contributed by atoms with E-state index in [0.717, 1.165) is 56.4 Å². The van der Waals surface area contributed by atoms with Gasteiger partial charge in [0.05, 0.1) is 37.6 Å². The van der Waals surface area contributed by atoms with Crippen molar-refractivity contribution in [1.82, 2.24) is 14.5 Å². The maximum atomic E-state index is 5.65. The fourth-order valence-electron chi connectivity index (χ4n) is 3.95. The molecule has 0 aliphatic carbocycles. The third kappa shape index (κ3) is 3.56. The number of anilines is 2. The summed E-state index contributed by atoms with van der Waals surface area (Å²) in [5, 5.41) is 4.64. The summed E-state index contributed by atoms with van der Waals surface area (Å²) in [6.45, 7) is 1.97. The molecule has 3 aromatic carbocycles. The van der Waals surface area contributed by atoms with Gasteiger partial charge in [-0.1, -0.05) is 18.2 Å². The number of methoxy groups -OCH3 is 2. The smallest absolute Gasteiger partial charge is 0.144 e. The summed E-state index contributed by atoms with van der Waals surface area (Å²) in [7, 11) is 3.37. The zero-order chi connectivity index (χ0) is 22.1. The monoisotopic (exact) mass is 424 g/mol. The number of fused-ring (bicyclic) bond motifs is 1. The lowest BCUT2D eigenvalue weighted by Gasteiger charge is -2.13. The maximum Gasteiger partial charge on any atom is 0.144 e. The van der Waals surface area contributed by atoms with Gasteiger partial charge < -0.3 is 24.3 Å². The van der Waals surface area contributed by atoms with Crippen LogP contribution in [0.25, 0.3) is 27.8 Å². The second kappa shape index (κ2) is 8.15. The van der Waals surface area contributed by atoms with Gasteiger partial charge in [-0.25, -0.2) is 4.98 Å². The molecule has 0 aliphatic rings. The number of rotatable bonds is 6. The molecule has 0 spiro atoms. The van der Waals surface area contributed by atoms with Gasteiger partial charge in [0.15, 0.2) is 0 Å². The van der Waals surface area contributed by atoms with E-state index in [2.05, 4.69) is 39.6 Å². The molecule has 0 atom stereocenters. The van der Waals surface area contributed by atoms with Gasteiger partial charge in [-0.15, -0.1) is 0 Å². The topological polar surface area (TPSA) is 64.1 Å². The standard InChI is InChI=1S/C26H24N4O2/c1-17-15-30(16-27-17)24-12-11-18(13-26(24)32-3)28-21-8-6-9-22-20(21)14-23(29-22)19-7-4-5-10-25(19)31-2/h4-16,28-29H,1-3H3. The predicted octanol–water partition coefficient (Wildman–Crippen LogP) is 6.09. The largest absolute Gasteiger partial charge is 0.496 e. The van der Waals surface area contributed by atoms with Crippen LogP contribution in [0.5, 0.6) is 11.5 Å². The number of nitrogens with one attached hydrogen (secondary N) is 2. The molecule has 160 valence electrons. The Labute approximate surface area is 186 Å². The van der Waals surface area contributed by atoms with E-state index in [1.165, 1.54) is 0 Å². The highest BCUT2D eigenvalue weighted by Gasteiger charge is 2.12. The average molecular weight is 425 g/mol. The number of ether oxygens (including phenoxy) is 2. The molecule has 5 rings (SSSR count). The number of aromatic amines is 1. The second-order valence-corrected chi connectivity index (χ2v) is 7.58. The molecule has 32 heavy (non-hydrogen) atoms. The molecule has 0 amide bonds. The number of nitrogens with zero attached hydrogens (tertiary/aromatic N) is 2. The fraction of sp³-hybridized carbons (Fsp3) is 0.115. The molecule has 0 fully saturated rings. The van der Waals surface area contributed by atoms with Crippen molar-refractivity contribution in [3.63, 3.8) is 0 Å². The lowest BCUT2D eigenvalue weighted by atomic mass is 10.1. The first-order valence-electron chi connectivity index (χ1n) is 10.4. The van der Waals surface area contributed by atoms with Gasteiger partial charge in [-0.2, -0.15) is 0 Å². The molecule has 0 bridgehead atoms. The van der Waals surface area contributed by atoms with E-state index in [1.54, 1.807) is 20.5 Å². The summed E-state index contributed by atoms with van der Waals surface area (Å²) in [6.07, 6.45) is 3.77. The lowest BCUT2D eigenvalue weighted by Crippen LogP contribution is -1.98. The third-order valence-corrected chi connectivity index (χ3v) is 5.51. The van der Waals surface area contributed by atoms with E-state index in [9.17, 15) is 0 Å². The molecule has 0 saturated carbocycles. The molecule has 6 nitrogen and oxygen atoms in total. The first kappa shape index (κ1) is 19.8. The lowest BCUT2D eigenvalue weighted by molar-refractivity contribution is 0.413. The summed E-state index contributed by atoms with van der Waals surface area (Å²) in [6, 6.07) is 22.4. The number of para-hydroxylation sites is 1. The van der Waals surface area contributed by atoms with Crippen LogP contribution in [0.1, 0.15) is 5.69 Å². The number of H-pyrrole nitrogens is 1. The minimum absolute atomic E-state index is 0.767. The highest BCUT2D eigenvalue weighted by Crippen LogP contribution is 2.35. The molecule has 2 heterocycles. The van der Waals surface area contributed by atoms with E-state index in [0.29, 0.717) is 0 Å². The molecule has 5 aromatic rings. The number of benzene rings is 3. The molecule has 2 N–H and O–H groups in total. The van der Waals surface area contributed by atoms with E-state index in [-0.39, 0.29) is 0 Å². The minimum atomic E-state index is 0.767. The molecule has 6 heteroatoms. The Morgan fingerprint density at radius 3 is 2.53 bits per heavy atom. The number of hydrogen-bond donors (Lipinski definition) is 2. The quantitative estimate of drug-likeness (QED) is 0.346. The van der Waals surface area contributed by atoms with Crippen LogP contribution in [-0.2, 0) is 0 Å². The van der Waals surface area contributed by atoms with Gasteiger partial charge in [0, 0.05) is 40.1 Å². The molecule has 0 unspecified atom stereocenters. The molecule has 2 aromatic heterocycles. The van der Waals surface area contributed by atoms with Crippen LogP contribution in [-0.4, -0.2) is 28.8 Å². The Hall–Kier alpha value is -4.19. The van der Waals surface area contributed by atoms with E-state index in [4.69, 9.17) is 9.47 Å². The van der Waals surface area contributed by atoms with Crippen molar-refractivity contribution < 1.29 is 9.47 Å². The highest BCUT2D eigenvalue weighted by atomic mass is 16.5. The van der Waals surface area contributed by atoms with E-state index < -0.39 is 0 Å². The second-order valence-electron chi connectivity index (χ2n) is 7.58. The highest BCUT2D eigenvalue weighted by molar-refractivity contribution is 5.97. The van der Waals surface area contributed by atoms with Crippen molar-refractivity contribution in [2.75, 3.05) is 19.5 Å². The Morgan fingerprint density at radius 2 is 1.75 bits per heavy atom.